The first kappa shape index (κ1) is 33.2. The molecule has 46 heavy (non-hydrogen) atoms. The third-order valence-electron chi connectivity index (χ3n) is 7.03. The van der Waals surface area contributed by atoms with Gasteiger partial charge in [0, 0.05) is 5.56 Å². The first-order valence-electron chi connectivity index (χ1n) is 14.4. The summed E-state index contributed by atoms with van der Waals surface area (Å²) in [5, 5.41) is 0.383. The number of hydrogen-bond donors (Lipinski definition) is 0. The molecule has 0 radical (unpaired) electrons. The van der Waals surface area contributed by atoms with E-state index in [4.69, 9.17) is 42.1 Å². The van der Waals surface area contributed by atoms with E-state index in [1.165, 1.54) is 17.7 Å². The van der Waals surface area contributed by atoms with Gasteiger partial charge >= 0.3 is 5.97 Å². The Morgan fingerprint density at radius 3 is 2.48 bits per heavy atom. The summed E-state index contributed by atoms with van der Waals surface area (Å²) in [6.45, 7) is 7.32. The van der Waals surface area contributed by atoms with Gasteiger partial charge in [0.05, 0.1) is 51.7 Å². The molecule has 0 bridgehead atoms. The Morgan fingerprint density at radius 2 is 1.83 bits per heavy atom. The number of methoxy groups -OCH3 is 1. The van der Waals surface area contributed by atoms with Crippen LogP contribution in [0.3, 0.4) is 0 Å². The minimum Gasteiger partial charge on any atom is -0.493 e. The fourth-order valence-corrected chi connectivity index (χ4v) is 6.69. The number of benzene rings is 3. The van der Waals surface area contributed by atoms with E-state index in [2.05, 4.69) is 4.99 Å². The maximum Gasteiger partial charge on any atom is 0.338 e. The zero-order chi connectivity index (χ0) is 33.1. The summed E-state index contributed by atoms with van der Waals surface area (Å²) in [6, 6.07) is 13.9. The number of ether oxygens (including phenoxy) is 4. The van der Waals surface area contributed by atoms with Gasteiger partial charge in [0.25, 0.3) is 5.56 Å². The Kier molecular flexibility index (Phi) is 10.2. The number of carbonyl (C=O) groups excluding carboxylic acids is 1. The molecule has 1 aromatic heterocycles. The average molecular weight is 686 g/mol. The van der Waals surface area contributed by atoms with Crippen LogP contribution in [0.25, 0.3) is 6.08 Å². The van der Waals surface area contributed by atoms with Crippen LogP contribution < -0.4 is 29.1 Å². The van der Waals surface area contributed by atoms with Gasteiger partial charge < -0.3 is 18.9 Å². The summed E-state index contributed by atoms with van der Waals surface area (Å²) in [5.41, 5.74) is 1.79. The molecule has 5 rings (SSSR count). The monoisotopic (exact) mass is 684 g/mol. The molecule has 2 heterocycles. The van der Waals surface area contributed by atoms with Gasteiger partial charge in [-0.2, -0.15) is 0 Å². The molecule has 0 fully saturated rings. The minimum atomic E-state index is -0.846. The highest BCUT2D eigenvalue weighted by atomic mass is 35.5. The fraction of sp³-hybridized carbons (Fsp3) is 0.265. The van der Waals surface area contributed by atoms with Gasteiger partial charge in [0.2, 0.25) is 0 Å². The number of nitrogens with zero attached hydrogens (tertiary/aromatic N) is 2. The molecule has 3 aromatic carbocycles. The molecule has 0 saturated heterocycles. The molecule has 0 unspecified atom stereocenters. The van der Waals surface area contributed by atoms with Crippen LogP contribution in [0.5, 0.6) is 17.2 Å². The van der Waals surface area contributed by atoms with Crippen LogP contribution in [0.2, 0.25) is 10.0 Å². The number of carbonyl (C=O) groups is 1. The van der Waals surface area contributed by atoms with Crippen LogP contribution >= 0.6 is 34.5 Å². The maximum absolute atomic E-state index is 14.1. The van der Waals surface area contributed by atoms with Gasteiger partial charge in [-0.3, -0.25) is 9.36 Å². The predicted molar refractivity (Wildman–Crippen MR) is 176 cm³/mol. The normalized spacial score (nSPS) is 14.6. The smallest absolute Gasteiger partial charge is 0.338 e. The predicted octanol–water partition coefficient (Wildman–Crippen LogP) is 6.62. The van der Waals surface area contributed by atoms with Crippen molar-refractivity contribution in [3.05, 3.63) is 118 Å². The number of halogens is 3. The van der Waals surface area contributed by atoms with Gasteiger partial charge in [-0.05, 0) is 75.2 Å². The second kappa shape index (κ2) is 14.1. The lowest BCUT2D eigenvalue weighted by Gasteiger charge is -2.25. The number of hydrogen-bond acceptors (Lipinski definition) is 8. The molecule has 1 aliphatic rings. The second-order valence-electron chi connectivity index (χ2n) is 10.6. The van der Waals surface area contributed by atoms with E-state index >= 15 is 0 Å². The molecule has 12 heteroatoms. The van der Waals surface area contributed by atoms with Crippen LogP contribution in [0.15, 0.2) is 75.7 Å². The molecular formula is C34H31Cl2FN2O6S. The number of allylic oxidation sites excluding steroid dienone is 1. The van der Waals surface area contributed by atoms with E-state index in [1.54, 1.807) is 68.5 Å². The van der Waals surface area contributed by atoms with E-state index in [-0.39, 0.29) is 46.2 Å². The van der Waals surface area contributed by atoms with Crippen LogP contribution in [0, 0.1) is 5.82 Å². The summed E-state index contributed by atoms with van der Waals surface area (Å²) in [6.07, 6.45) is 1.55. The van der Waals surface area contributed by atoms with E-state index in [1.807, 2.05) is 13.8 Å². The van der Waals surface area contributed by atoms with Crippen molar-refractivity contribution in [3.63, 3.8) is 0 Å². The topological polar surface area (TPSA) is 88.4 Å². The van der Waals surface area contributed by atoms with Gasteiger partial charge in [0.15, 0.2) is 22.0 Å². The molecule has 0 aliphatic carbocycles. The van der Waals surface area contributed by atoms with Crippen LogP contribution in [0.4, 0.5) is 4.39 Å². The van der Waals surface area contributed by atoms with Crippen LogP contribution in [0.1, 0.15) is 50.4 Å². The molecule has 0 saturated carbocycles. The van der Waals surface area contributed by atoms with Crippen molar-refractivity contribution in [1.29, 1.82) is 0 Å². The Hall–Kier alpha value is -4.12. The summed E-state index contributed by atoms with van der Waals surface area (Å²) in [7, 11) is 1.53. The fourth-order valence-electron chi connectivity index (χ4n) is 5.03. The lowest BCUT2D eigenvalue weighted by Crippen LogP contribution is -2.40. The van der Waals surface area contributed by atoms with Crippen LogP contribution in [-0.4, -0.2) is 30.4 Å². The third kappa shape index (κ3) is 6.84. The third-order valence-corrected chi connectivity index (χ3v) is 8.58. The zero-order valence-corrected chi connectivity index (χ0v) is 28.1. The average Bonchev–Trinajstić information content (AvgIpc) is 3.30. The standard InChI is InChI=1S/C34H31Cl2FN2O6S/c1-6-43-33(41)29-19(4)38-34-39(30(29)21-11-12-26(45-18(2)3)27(16-21)42-5)32(40)28(46-34)15-20-13-23(35)31(24(36)14-20)44-17-22-9-7-8-10-25(22)37/h7-16,18,30H,6,17H2,1-5H3/b28-15-/t30-/m0/s1. The maximum atomic E-state index is 14.1. The molecule has 1 atom stereocenters. The molecular weight excluding hydrogens is 654 g/mol. The summed E-state index contributed by atoms with van der Waals surface area (Å²) < 4.78 is 38.5. The van der Waals surface area contributed by atoms with Crippen molar-refractivity contribution >= 4 is 46.6 Å². The highest BCUT2D eigenvalue weighted by Gasteiger charge is 2.34. The quantitative estimate of drug-likeness (QED) is 0.175. The minimum absolute atomic E-state index is 0.0679. The lowest BCUT2D eigenvalue weighted by atomic mass is 9.95. The molecule has 8 nitrogen and oxygen atoms in total. The molecule has 0 amide bonds. The number of aromatic nitrogens is 1. The van der Waals surface area contributed by atoms with Crippen molar-refractivity contribution in [2.75, 3.05) is 13.7 Å². The van der Waals surface area contributed by atoms with Crippen molar-refractivity contribution < 1.29 is 28.1 Å². The summed E-state index contributed by atoms with van der Waals surface area (Å²) in [4.78, 5) is 32.3. The summed E-state index contributed by atoms with van der Waals surface area (Å²) >= 11 is 14.2. The number of thiazole rings is 1. The zero-order valence-electron chi connectivity index (χ0n) is 25.7. The molecule has 0 N–H and O–H groups in total. The van der Waals surface area contributed by atoms with E-state index in [0.717, 1.165) is 11.3 Å². The van der Waals surface area contributed by atoms with Gasteiger partial charge in [-0.15, -0.1) is 0 Å². The van der Waals surface area contributed by atoms with Gasteiger partial charge in [0.1, 0.15) is 12.4 Å². The van der Waals surface area contributed by atoms with Crippen molar-refractivity contribution in [1.82, 2.24) is 4.57 Å². The highest BCUT2D eigenvalue weighted by molar-refractivity contribution is 7.07. The first-order chi connectivity index (χ1) is 22.0. The number of rotatable bonds is 10. The van der Waals surface area contributed by atoms with Crippen molar-refractivity contribution in [2.24, 2.45) is 4.99 Å². The van der Waals surface area contributed by atoms with Gasteiger partial charge in [-0.25, -0.2) is 14.2 Å². The molecule has 1 aliphatic heterocycles. The SMILES string of the molecule is CCOC(=O)C1=C(C)N=c2s/c(=C\c3cc(Cl)c(OCc4ccccc4F)c(Cl)c3)c(=O)n2[C@H]1c1ccc(OC(C)C)c(OC)c1. The largest absolute Gasteiger partial charge is 0.493 e. The van der Waals surface area contributed by atoms with Crippen LogP contribution in [-0.2, 0) is 16.1 Å². The molecule has 4 aromatic rings. The first-order valence-corrected chi connectivity index (χ1v) is 16.0. The Morgan fingerprint density at radius 1 is 1.11 bits per heavy atom. The molecule has 240 valence electrons. The van der Waals surface area contributed by atoms with Crippen molar-refractivity contribution in [3.8, 4) is 17.2 Å². The lowest BCUT2D eigenvalue weighted by molar-refractivity contribution is -0.139. The van der Waals surface area contributed by atoms with E-state index < -0.39 is 17.8 Å². The Labute approximate surface area is 278 Å². The summed E-state index contributed by atoms with van der Waals surface area (Å²) in [5.74, 6) is 0.197. The molecule has 0 spiro atoms. The number of esters is 1. The van der Waals surface area contributed by atoms with E-state index in [0.29, 0.717) is 43.2 Å². The highest BCUT2D eigenvalue weighted by Crippen LogP contribution is 2.37. The van der Waals surface area contributed by atoms with Crippen molar-refractivity contribution in [2.45, 2.75) is 46.4 Å². The van der Waals surface area contributed by atoms with Gasteiger partial charge in [-0.1, -0.05) is 58.8 Å². The Balaban J connectivity index is 1.58. The Bertz CT molecular complexity index is 2000. The number of fused-ring (bicyclic) bond motifs is 1. The van der Waals surface area contributed by atoms with E-state index in [9.17, 15) is 14.0 Å². The second-order valence-corrected chi connectivity index (χ2v) is 12.4.